The van der Waals surface area contributed by atoms with Crippen LogP contribution in [0.25, 0.3) is 0 Å². The molecule has 2 aliphatic heterocycles. The van der Waals surface area contributed by atoms with Gasteiger partial charge in [-0.15, -0.1) is 0 Å². The molecule has 0 spiro atoms. The van der Waals surface area contributed by atoms with Crippen molar-refractivity contribution in [3.8, 4) is 0 Å². The van der Waals surface area contributed by atoms with Crippen LogP contribution >= 0.6 is 0 Å². The molecule has 5 heteroatoms. The first kappa shape index (κ1) is 5.96. The molecule has 0 atom stereocenters. The molecule has 5 nitrogen and oxygen atoms in total. The lowest BCUT2D eigenvalue weighted by Gasteiger charge is -2.02. The second-order valence-electron chi connectivity index (χ2n) is 1.99. The zero-order valence-electron chi connectivity index (χ0n) is 5.40. The van der Waals surface area contributed by atoms with Gasteiger partial charge < -0.3 is 5.73 Å². The average Bonchev–Trinajstić information content (AvgIpc) is 2.34. The van der Waals surface area contributed by atoms with Crippen LogP contribution in [0.2, 0.25) is 0 Å². The number of hydrogen-bond donors (Lipinski definition) is 1. The van der Waals surface area contributed by atoms with E-state index in [4.69, 9.17) is 5.73 Å². The Labute approximate surface area is 62.1 Å². The molecular formula is C6H3N4O. The molecule has 1 radical (unpaired) electrons. The molecule has 2 rings (SSSR count). The lowest BCUT2D eigenvalue weighted by molar-refractivity contribution is -0.111. The van der Waals surface area contributed by atoms with E-state index in [0.29, 0.717) is 5.71 Å². The third-order valence-corrected chi connectivity index (χ3v) is 1.26. The molecule has 1 amide bonds. The minimum Gasteiger partial charge on any atom is -0.368 e. The Hall–Kier alpha value is -1.78. The van der Waals surface area contributed by atoms with E-state index in [1.807, 2.05) is 0 Å². The highest BCUT2D eigenvalue weighted by molar-refractivity contribution is 6.71. The zero-order chi connectivity index (χ0) is 7.84. The first-order valence-electron chi connectivity index (χ1n) is 2.91. The molecule has 0 bridgehead atoms. The molecule has 0 aromatic carbocycles. The summed E-state index contributed by atoms with van der Waals surface area (Å²) in [4.78, 5) is 21.8. The number of allylic oxidation sites excluding steroid dienone is 1. The summed E-state index contributed by atoms with van der Waals surface area (Å²) in [5.41, 5.74) is 5.81. The van der Waals surface area contributed by atoms with E-state index in [1.165, 1.54) is 6.20 Å². The summed E-state index contributed by atoms with van der Waals surface area (Å²) in [6, 6.07) is 0. The third kappa shape index (κ3) is 0.778. The molecule has 0 fully saturated rings. The number of guanidine groups is 1. The Morgan fingerprint density at radius 1 is 1.45 bits per heavy atom. The van der Waals surface area contributed by atoms with Crippen LogP contribution in [0, 0.1) is 6.08 Å². The Morgan fingerprint density at radius 3 is 3.09 bits per heavy atom. The summed E-state index contributed by atoms with van der Waals surface area (Å²) >= 11 is 0. The highest BCUT2D eigenvalue weighted by atomic mass is 16.1. The summed E-state index contributed by atoms with van der Waals surface area (Å²) in [7, 11) is 0. The first-order chi connectivity index (χ1) is 5.27. The van der Waals surface area contributed by atoms with E-state index in [-0.39, 0.29) is 11.7 Å². The van der Waals surface area contributed by atoms with Crippen molar-refractivity contribution in [1.82, 2.24) is 0 Å². The molecule has 53 valence electrons. The van der Waals surface area contributed by atoms with Gasteiger partial charge in [0.1, 0.15) is 5.71 Å². The number of amides is 1. The van der Waals surface area contributed by atoms with Crippen molar-refractivity contribution in [2.45, 2.75) is 0 Å². The number of aliphatic imine (C=N–C) groups is 3. The molecule has 0 aromatic rings. The number of carbonyl (C=O) groups is 1. The second-order valence-corrected chi connectivity index (χ2v) is 1.99. The van der Waals surface area contributed by atoms with Crippen LogP contribution in [0.5, 0.6) is 0 Å². The molecule has 2 heterocycles. The van der Waals surface area contributed by atoms with Crippen molar-refractivity contribution in [2.75, 3.05) is 0 Å². The van der Waals surface area contributed by atoms with Crippen molar-refractivity contribution in [3.63, 3.8) is 0 Å². The highest BCUT2D eigenvalue weighted by Gasteiger charge is 2.23. The predicted octanol–water partition coefficient (Wildman–Crippen LogP) is -0.946. The van der Waals surface area contributed by atoms with Crippen molar-refractivity contribution in [3.05, 3.63) is 12.3 Å². The molecule has 0 saturated heterocycles. The van der Waals surface area contributed by atoms with Gasteiger partial charge in [-0.1, -0.05) is 0 Å². The summed E-state index contributed by atoms with van der Waals surface area (Å²) in [5.74, 6) is -0.486. The van der Waals surface area contributed by atoms with Gasteiger partial charge in [0.25, 0.3) is 0 Å². The van der Waals surface area contributed by atoms with Crippen LogP contribution in [-0.2, 0) is 4.79 Å². The molecule has 0 saturated carbocycles. The van der Waals surface area contributed by atoms with E-state index in [9.17, 15) is 4.79 Å². The van der Waals surface area contributed by atoms with Gasteiger partial charge in [-0.3, -0.25) is 4.79 Å². The average molecular weight is 147 g/mol. The standard InChI is InChI=1S/C6H3N4O/c7-6-9-3-1-2-8-4(3)5(11)10-6/h2H,(H2,7,10,11). The van der Waals surface area contributed by atoms with E-state index in [1.54, 1.807) is 0 Å². The summed E-state index contributed by atoms with van der Waals surface area (Å²) in [5, 5.41) is 0. The van der Waals surface area contributed by atoms with E-state index in [0.717, 1.165) is 0 Å². The van der Waals surface area contributed by atoms with Crippen LogP contribution in [0.3, 0.4) is 0 Å². The maximum atomic E-state index is 10.9. The van der Waals surface area contributed by atoms with Gasteiger partial charge in [-0.05, 0) is 0 Å². The SMILES string of the molecule is NC1=NC(=O)C2=NC=[C]C2=N1. The Bertz CT molecular complexity index is 348. The van der Waals surface area contributed by atoms with Crippen molar-refractivity contribution < 1.29 is 4.79 Å². The van der Waals surface area contributed by atoms with E-state index >= 15 is 0 Å². The van der Waals surface area contributed by atoms with Crippen LogP contribution in [0.15, 0.2) is 21.2 Å². The maximum Gasteiger partial charge on any atom is 0.301 e. The van der Waals surface area contributed by atoms with Gasteiger partial charge in [0.15, 0.2) is 5.71 Å². The lowest BCUT2D eigenvalue weighted by atomic mass is 10.2. The van der Waals surface area contributed by atoms with Crippen molar-refractivity contribution in [2.24, 2.45) is 20.7 Å². The Morgan fingerprint density at radius 2 is 2.27 bits per heavy atom. The zero-order valence-corrected chi connectivity index (χ0v) is 5.40. The summed E-state index contributed by atoms with van der Waals surface area (Å²) in [6.45, 7) is 0. The molecule has 0 aromatic heterocycles. The van der Waals surface area contributed by atoms with Crippen LogP contribution in [-0.4, -0.2) is 23.3 Å². The topological polar surface area (TPSA) is 80.2 Å². The predicted molar refractivity (Wildman–Crippen MR) is 39.3 cm³/mol. The summed E-state index contributed by atoms with van der Waals surface area (Å²) < 4.78 is 0. The third-order valence-electron chi connectivity index (χ3n) is 1.26. The lowest BCUT2D eigenvalue weighted by Crippen LogP contribution is -2.28. The fraction of sp³-hybridized carbons (Fsp3) is 0. The van der Waals surface area contributed by atoms with Gasteiger partial charge in [0.2, 0.25) is 5.96 Å². The number of nitrogens with zero attached hydrogens (tertiary/aromatic N) is 3. The Kier molecular flexibility index (Phi) is 1.00. The smallest absolute Gasteiger partial charge is 0.301 e. The first-order valence-corrected chi connectivity index (χ1v) is 2.91. The van der Waals surface area contributed by atoms with Gasteiger partial charge >= 0.3 is 5.91 Å². The minimum absolute atomic E-state index is 0.0354. The van der Waals surface area contributed by atoms with E-state index in [2.05, 4.69) is 21.1 Å². The number of fused-ring (bicyclic) bond motifs is 1. The molecule has 2 N–H and O–H groups in total. The molecule has 2 aliphatic rings. The van der Waals surface area contributed by atoms with Gasteiger partial charge in [-0.2, -0.15) is 4.99 Å². The fourth-order valence-corrected chi connectivity index (χ4v) is 0.826. The molecule has 0 aliphatic carbocycles. The number of rotatable bonds is 0. The number of nitrogens with two attached hydrogens (primary N) is 1. The number of hydrogen-bond acceptors (Lipinski definition) is 4. The van der Waals surface area contributed by atoms with Crippen molar-refractivity contribution in [1.29, 1.82) is 0 Å². The largest absolute Gasteiger partial charge is 0.368 e. The van der Waals surface area contributed by atoms with Gasteiger partial charge in [-0.25, -0.2) is 9.98 Å². The van der Waals surface area contributed by atoms with Gasteiger partial charge in [0.05, 0.1) is 0 Å². The van der Waals surface area contributed by atoms with Crippen LogP contribution in [0.1, 0.15) is 0 Å². The van der Waals surface area contributed by atoms with E-state index < -0.39 is 5.91 Å². The molecular weight excluding hydrogens is 144 g/mol. The van der Waals surface area contributed by atoms with Crippen molar-refractivity contribution >= 4 is 23.3 Å². The van der Waals surface area contributed by atoms with Gasteiger partial charge in [0, 0.05) is 12.3 Å². The molecule has 0 unspecified atom stereocenters. The van der Waals surface area contributed by atoms with Crippen LogP contribution in [0.4, 0.5) is 0 Å². The number of carbonyl (C=O) groups excluding carboxylic acids is 1. The maximum absolute atomic E-state index is 10.9. The monoisotopic (exact) mass is 147 g/mol. The highest BCUT2D eigenvalue weighted by Crippen LogP contribution is 2.03. The minimum atomic E-state index is -0.450. The van der Waals surface area contributed by atoms with Crippen LogP contribution < -0.4 is 5.73 Å². The molecule has 11 heavy (non-hydrogen) atoms. The summed E-state index contributed by atoms with van der Waals surface area (Å²) in [6.07, 6.45) is 4.03. The second kappa shape index (κ2) is 1.85. The quantitative estimate of drug-likeness (QED) is 0.479. The normalized spacial score (nSPS) is 20.7. The fourth-order valence-electron chi connectivity index (χ4n) is 0.826. The Balaban J connectivity index is 2.54.